The van der Waals surface area contributed by atoms with E-state index in [0.717, 1.165) is 46.7 Å². The highest BCUT2D eigenvalue weighted by Gasteiger charge is 2.28. The summed E-state index contributed by atoms with van der Waals surface area (Å²) in [5.41, 5.74) is 15.0. The van der Waals surface area contributed by atoms with E-state index in [9.17, 15) is 0 Å². The maximum absolute atomic E-state index is 6.93. The Kier molecular flexibility index (Phi) is 9.44. The molecule has 300 valence electrons. The van der Waals surface area contributed by atoms with E-state index in [2.05, 4.69) is 233 Å². The second kappa shape index (κ2) is 15.0. The fourth-order valence-corrected chi connectivity index (χ4v) is 9.34. The average Bonchev–Trinajstić information content (AvgIpc) is 3.81. The van der Waals surface area contributed by atoms with Gasteiger partial charge in [0.05, 0.1) is 22.1 Å². The maximum atomic E-state index is 6.93. The Balaban J connectivity index is 1.09. The van der Waals surface area contributed by atoms with E-state index in [1.54, 1.807) is 0 Å². The van der Waals surface area contributed by atoms with Crippen molar-refractivity contribution < 1.29 is 4.74 Å². The molecule has 0 aliphatic heterocycles. The van der Waals surface area contributed by atoms with Crippen molar-refractivity contribution in [1.82, 2.24) is 9.13 Å². The summed E-state index contributed by atoms with van der Waals surface area (Å²) in [5.74, 6) is 0.927. The molecule has 61 heavy (non-hydrogen) atoms. The summed E-state index contributed by atoms with van der Waals surface area (Å²) in [6.45, 7) is 13.4. The highest BCUT2D eigenvalue weighted by Crippen LogP contribution is 2.46. The molecule has 0 saturated heterocycles. The van der Waals surface area contributed by atoms with Gasteiger partial charge in [-0.05, 0) is 134 Å². The van der Waals surface area contributed by atoms with Crippen LogP contribution in [0.4, 0.5) is 0 Å². The van der Waals surface area contributed by atoms with Crippen molar-refractivity contribution in [2.75, 3.05) is 0 Å². The van der Waals surface area contributed by atoms with Crippen LogP contribution in [0.15, 0.2) is 182 Å². The first kappa shape index (κ1) is 38.4. The quantitative estimate of drug-likeness (QED) is 0.142. The number of nitrogens with zero attached hydrogens (tertiary/aromatic N) is 2. The number of para-hydroxylation sites is 3. The summed E-state index contributed by atoms with van der Waals surface area (Å²) in [4.78, 5) is 0. The second-order valence-electron chi connectivity index (χ2n) is 17.8. The van der Waals surface area contributed by atoms with Gasteiger partial charge in [-0.25, -0.2) is 0 Å². The summed E-state index contributed by atoms with van der Waals surface area (Å²) in [6.07, 6.45) is 2.11. The number of hydrogen-bond acceptors (Lipinski definition) is 1. The highest BCUT2D eigenvalue weighted by atomic mass is 16.5. The van der Waals surface area contributed by atoms with E-state index in [1.807, 2.05) is 0 Å². The van der Waals surface area contributed by atoms with Crippen molar-refractivity contribution in [2.45, 2.75) is 65.4 Å². The summed E-state index contributed by atoms with van der Waals surface area (Å²) < 4.78 is 11.7. The molecule has 0 fully saturated rings. The van der Waals surface area contributed by atoms with Gasteiger partial charge in [-0.15, -0.1) is 0 Å². The van der Waals surface area contributed by atoms with E-state index >= 15 is 0 Å². The Morgan fingerprint density at radius 2 is 0.852 bits per heavy atom. The predicted octanol–water partition coefficient (Wildman–Crippen LogP) is 16.1. The van der Waals surface area contributed by atoms with E-state index in [0.29, 0.717) is 0 Å². The third-order valence-electron chi connectivity index (χ3n) is 13.0. The minimum absolute atomic E-state index is 0.0344. The molecule has 0 N–H and O–H groups in total. The molecule has 10 rings (SSSR count). The molecule has 3 heteroatoms. The molecule has 8 aromatic carbocycles. The molecule has 0 saturated carbocycles. The van der Waals surface area contributed by atoms with Gasteiger partial charge in [0.1, 0.15) is 11.4 Å². The molecular weight excluding hydrogens is 741 g/mol. The van der Waals surface area contributed by atoms with Gasteiger partial charge in [0.25, 0.3) is 0 Å². The molecule has 2 aromatic heterocycles. The lowest BCUT2D eigenvalue weighted by atomic mass is 9.76. The van der Waals surface area contributed by atoms with E-state index < -0.39 is 0 Å². The Labute approximate surface area is 359 Å². The van der Waals surface area contributed by atoms with Gasteiger partial charge in [-0.2, -0.15) is 0 Å². The zero-order chi connectivity index (χ0) is 41.9. The van der Waals surface area contributed by atoms with Crippen LogP contribution in [0.5, 0.6) is 5.75 Å². The fourth-order valence-electron chi connectivity index (χ4n) is 9.34. The first-order valence-electron chi connectivity index (χ1n) is 21.8. The molecule has 0 radical (unpaired) electrons. The normalized spacial score (nSPS) is 12.2. The molecule has 0 spiro atoms. The van der Waals surface area contributed by atoms with Gasteiger partial charge in [0.2, 0.25) is 0 Å². The highest BCUT2D eigenvalue weighted by molar-refractivity contribution is 6.11. The van der Waals surface area contributed by atoms with Gasteiger partial charge in [0.15, 0.2) is 0 Å². The van der Waals surface area contributed by atoms with Crippen molar-refractivity contribution in [3.63, 3.8) is 0 Å². The van der Waals surface area contributed by atoms with Gasteiger partial charge in [0, 0.05) is 44.0 Å². The van der Waals surface area contributed by atoms with Gasteiger partial charge in [-0.1, -0.05) is 136 Å². The third-order valence-corrected chi connectivity index (χ3v) is 13.0. The summed E-state index contributed by atoms with van der Waals surface area (Å²) in [5, 5.41) is 5.01. The van der Waals surface area contributed by atoms with Crippen LogP contribution in [-0.2, 0) is 5.41 Å². The van der Waals surface area contributed by atoms with Gasteiger partial charge >= 0.3 is 0 Å². The van der Waals surface area contributed by atoms with Crippen LogP contribution in [0.25, 0.3) is 88.4 Å². The zero-order valence-electron chi connectivity index (χ0n) is 36.0. The smallest absolute Gasteiger partial charge is 0.135 e. The molecule has 0 aliphatic carbocycles. The molecule has 3 nitrogen and oxygen atoms in total. The molecule has 0 bridgehead atoms. The van der Waals surface area contributed by atoms with Crippen molar-refractivity contribution in [3.05, 3.63) is 188 Å². The van der Waals surface area contributed by atoms with Gasteiger partial charge in [-0.3, -0.25) is 0 Å². The average molecular weight is 793 g/mol. The standard InChI is InChI=1S/C58H52N2O/c1-7-58(6,8-2)43-37-49(39-19-10-9-11-20-39)56(61-57(3,4)5)50(38-43)40-29-32-44(33-30-40)59-54-28-17-14-25-48(54)51-36-42(31-34-55(51)59)41-21-18-22-45(35-41)60-52-26-15-12-23-46(52)47-24-13-16-27-53(47)60/h9-38H,7-8H2,1-6H3. The van der Waals surface area contributed by atoms with Crippen LogP contribution < -0.4 is 4.74 Å². The largest absolute Gasteiger partial charge is 0.487 e. The van der Waals surface area contributed by atoms with E-state index in [4.69, 9.17) is 4.74 Å². The number of rotatable bonds is 9. The molecule has 0 atom stereocenters. The first-order valence-corrected chi connectivity index (χ1v) is 21.8. The predicted molar refractivity (Wildman–Crippen MR) is 260 cm³/mol. The van der Waals surface area contributed by atoms with Gasteiger partial charge < -0.3 is 13.9 Å². The molecule has 0 aliphatic rings. The van der Waals surface area contributed by atoms with E-state index in [-0.39, 0.29) is 11.0 Å². The number of fused-ring (bicyclic) bond motifs is 6. The second-order valence-corrected chi connectivity index (χ2v) is 17.8. The van der Waals surface area contributed by atoms with Crippen molar-refractivity contribution in [2.24, 2.45) is 0 Å². The molecule has 0 amide bonds. The fraction of sp³-hybridized carbons (Fsp3) is 0.172. The topological polar surface area (TPSA) is 19.1 Å². The number of hydrogen-bond donors (Lipinski definition) is 0. The van der Waals surface area contributed by atoms with Crippen LogP contribution in [-0.4, -0.2) is 14.7 Å². The van der Waals surface area contributed by atoms with Crippen molar-refractivity contribution in [3.8, 4) is 50.5 Å². The van der Waals surface area contributed by atoms with Crippen molar-refractivity contribution in [1.29, 1.82) is 0 Å². The molecule has 0 unspecified atom stereocenters. The lowest BCUT2D eigenvalue weighted by Gasteiger charge is -2.32. The SMILES string of the molecule is CCC(C)(CC)c1cc(-c2ccccc2)c(OC(C)(C)C)c(-c2ccc(-n3c4ccccc4c4cc(-c5cccc(-n6c7ccccc7c7ccccc76)c5)ccc43)cc2)c1. The minimum Gasteiger partial charge on any atom is -0.487 e. The lowest BCUT2D eigenvalue weighted by molar-refractivity contribution is 0.132. The Morgan fingerprint density at radius 3 is 1.43 bits per heavy atom. The first-order chi connectivity index (χ1) is 29.6. The van der Waals surface area contributed by atoms with Crippen LogP contribution in [0.1, 0.15) is 59.9 Å². The Bertz CT molecular complexity index is 3170. The molecule has 10 aromatic rings. The number of ether oxygens (including phenoxy) is 1. The lowest BCUT2D eigenvalue weighted by Crippen LogP contribution is -2.24. The molecular formula is C58H52N2O. The summed E-state index contributed by atoms with van der Waals surface area (Å²) in [6, 6.07) is 66.8. The van der Waals surface area contributed by atoms with Crippen LogP contribution in [0.2, 0.25) is 0 Å². The zero-order valence-corrected chi connectivity index (χ0v) is 36.0. The minimum atomic E-state index is -0.382. The summed E-state index contributed by atoms with van der Waals surface area (Å²) in [7, 11) is 0. The maximum Gasteiger partial charge on any atom is 0.135 e. The number of benzene rings is 8. The van der Waals surface area contributed by atoms with Crippen LogP contribution >= 0.6 is 0 Å². The summed E-state index contributed by atoms with van der Waals surface area (Å²) >= 11 is 0. The monoisotopic (exact) mass is 792 g/mol. The Hall–Kier alpha value is -6.84. The van der Waals surface area contributed by atoms with Crippen LogP contribution in [0.3, 0.4) is 0 Å². The molecule has 2 heterocycles. The van der Waals surface area contributed by atoms with E-state index in [1.165, 1.54) is 65.9 Å². The number of aromatic nitrogens is 2. The van der Waals surface area contributed by atoms with Crippen LogP contribution in [0, 0.1) is 0 Å². The Morgan fingerprint density at radius 1 is 0.393 bits per heavy atom. The third kappa shape index (κ3) is 6.70. The van der Waals surface area contributed by atoms with Crippen molar-refractivity contribution >= 4 is 43.6 Å².